The Kier molecular flexibility index (Phi) is 3.47. The van der Waals surface area contributed by atoms with Crippen LogP contribution in [0.1, 0.15) is 29.9 Å². The lowest BCUT2D eigenvalue weighted by molar-refractivity contribution is 0.505. The first-order valence-corrected chi connectivity index (χ1v) is 6.82. The molecule has 21 heavy (non-hydrogen) atoms. The summed E-state index contributed by atoms with van der Waals surface area (Å²) in [5.41, 5.74) is 8.38. The molecule has 0 radical (unpaired) electrons. The van der Waals surface area contributed by atoms with Crippen LogP contribution in [0, 0.1) is 11.6 Å². The molecule has 0 aliphatic heterocycles. The van der Waals surface area contributed by atoms with Crippen molar-refractivity contribution in [3.63, 3.8) is 0 Å². The van der Waals surface area contributed by atoms with Gasteiger partial charge in [0, 0.05) is 17.4 Å². The van der Waals surface area contributed by atoms with E-state index in [1.54, 1.807) is 0 Å². The van der Waals surface area contributed by atoms with Gasteiger partial charge in [0.15, 0.2) is 11.6 Å². The van der Waals surface area contributed by atoms with Crippen molar-refractivity contribution in [3.8, 4) is 0 Å². The molecular weight excluding hydrogens is 272 g/mol. The van der Waals surface area contributed by atoms with Crippen LogP contribution < -0.4 is 5.73 Å². The number of halogens is 2. The third kappa shape index (κ3) is 2.32. The van der Waals surface area contributed by atoms with Crippen molar-refractivity contribution in [3.05, 3.63) is 71.0 Å². The van der Waals surface area contributed by atoms with Crippen LogP contribution in [0.2, 0.25) is 0 Å². The molecule has 0 aliphatic carbocycles. The van der Waals surface area contributed by atoms with Crippen LogP contribution in [0.15, 0.2) is 46.9 Å². The number of aryl methyl sites for hydroxylation is 1. The van der Waals surface area contributed by atoms with Gasteiger partial charge in [-0.2, -0.15) is 0 Å². The molecule has 0 spiro atoms. The highest BCUT2D eigenvalue weighted by Crippen LogP contribution is 2.33. The third-order valence-electron chi connectivity index (χ3n) is 3.65. The Morgan fingerprint density at radius 1 is 1.10 bits per heavy atom. The highest BCUT2D eigenvalue weighted by Gasteiger charge is 2.21. The monoisotopic (exact) mass is 287 g/mol. The van der Waals surface area contributed by atoms with Gasteiger partial charge in [-0.15, -0.1) is 0 Å². The number of benzene rings is 2. The average Bonchev–Trinajstić information content (AvgIpc) is 2.87. The largest absolute Gasteiger partial charge is 0.461 e. The topological polar surface area (TPSA) is 39.2 Å². The zero-order valence-electron chi connectivity index (χ0n) is 11.6. The molecule has 0 aliphatic rings. The fourth-order valence-corrected chi connectivity index (χ4v) is 2.59. The van der Waals surface area contributed by atoms with E-state index in [9.17, 15) is 8.78 Å². The summed E-state index contributed by atoms with van der Waals surface area (Å²) in [6, 6.07) is 10.8. The van der Waals surface area contributed by atoms with Gasteiger partial charge in [-0.1, -0.05) is 31.2 Å². The third-order valence-corrected chi connectivity index (χ3v) is 3.65. The lowest BCUT2D eigenvalue weighted by atomic mass is 9.96. The van der Waals surface area contributed by atoms with Gasteiger partial charge in [-0.3, -0.25) is 0 Å². The van der Waals surface area contributed by atoms with E-state index in [2.05, 4.69) is 0 Å². The van der Waals surface area contributed by atoms with Gasteiger partial charge in [0.05, 0.1) is 6.04 Å². The molecule has 108 valence electrons. The molecule has 0 amide bonds. The van der Waals surface area contributed by atoms with Gasteiger partial charge >= 0.3 is 0 Å². The highest BCUT2D eigenvalue weighted by molar-refractivity contribution is 5.83. The SMILES string of the molecule is CCc1oc2ccccc2c1C(N)c1ccc(F)c(F)c1. The molecule has 1 unspecified atom stereocenters. The van der Waals surface area contributed by atoms with Gasteiger partial charge in [0.25, 0.3) is 0 Å². The van der Waals surface area contributed by atoms with E-state index in [0.29, 0.717) is 12.0 Å². The average molecular weight is 287 g/mol. The van der Waals surface area contributed by atoms with Crippen LogP contribution in [0.5, 0.6) is 0 Å². The molecule has 1 atom stereocenters. The van der Waals surface area contributed by atoms with Gasteiger partial charge in [0.1, 0.15) is 11.3 Å². The Bertz CT molecular complexity index is 795. The molecule has 2 nitrogen and oxygen atoms in total. The van der Waals surface area contributed by atoms with E-state index in [4.69, 9.17) is 10.2 Å². The van der Waals surface area contributed by atoms with Crippen molar-refractivity contribution in [1.82, 2.24) is 0 Å². The maximum Gasteiger partial charge on any atom is 0.159 e. The standard InChI is InChI=1S/C17H15F2NO/c1-2-14-16(11-5-3-4-6-15(11)21-14)17(20)10-7-8-12(18)13(19)9-10/h3-9,17H,2,20H2,1H3. The summed E-state index contributed by atoms with van der Waals surface area (Å²) >= 11 is 0. The van der Waals surface area contributed by atoms with Crippen molar-refractivity contribution >= 4 is 11.0 Å². The lowest BCUT2D eigenvalue weighted by Gasteiger charge is -2.13. The van der Waals surface area contributed by atoms with Crippen LogP contribution in [0.3, 0.4) is 0 Å². The smallest absolute Gasteiger partial charge is 0.159 e. The van der Waals surface area contributed by atoms with E-state index < -0.39 is 17.7 Å². The minimum atomic E-state index is -0.895. The van der Waals surface area contributed by atoms with Crippen LogP contribution in [0.25, 0.3) is 11.0 Å². The Morgan fingerprint density at radius 3 is 2.57 bits per heavy atom. The molecule has 0 fully saturated rings. The van der Waals surface area contributed by atoms with Crippen LogP contribution in [-0.4, -0.2) is 0 Å². The van der Waals surface area contributed by atoms with E-state index in [0.717, 1.165) is 34.4 Å². The molecule has 1 heterocycles. The molecule has 0 saturated heterocycles. The number of nitrogens with two attached hydrogens (primary N) is 1. The zero-order valence-corrected chi connectivity index (χ0v) is 11.6. The summed E-state index contributed by atoms with van der Waals surface area (Å²) in [5.74, 6) is -0.999. The number of fused-ring (bicyclic) bond motifs is 1. The summed E-state index contributed by atoms with van der Waals surface area (Å²) in [5, 5.41) is 0.909. The predicted molar refractivity (Wildman–Crippen MR) is 78.0 cm³/mol. The first-order valence-electron chi connectivity index (χ1n) is 6.82. The summed E-state index contributed by atoms with van der Waals surface area (Å²) < 4.78 is 32.3. The van der Waals surface area contributed by atoms with E-state index in [-0.39, 0.29) is 0 Å². The van der Waals surface area contributed by atoms with Crippen LogP contribution in [0.4, 0.5) is 8.78 Å². The second-order valence-corrected chi connectivity index (χ2v) is 4.94. The fraction of sp³-hybridized carbons (Fsp3) is 0.176. The maximum atomic E-state index is 13.4. The quantitative estimate of drug-likeness (QED) is 0.779. The minimum absolute atomic E-state index is 0.523. The predicted octanol–water partition coefficient (Wildman–Crippen LogP) is 4.32. The highest BCUT2D eigenvalue weighted by atomic mass is 19.2. The normalized spacial score (nSPS) is 12.8. The second kappa shape index (κ2) is 5.30. The van der Waals surface area contributed by atoms with Crippen molar-refractivity contribution in [2.75, 3.05) is 0 Å². The van der Waals surface area contributed by atoms with E-state index >= 15 is 0 Å². The van der Waals surface area contributed by atoms with Crippen molar-refractivity contribution in [1.29, 1.82) is 0 Å². The Hall–Kier alpha value is -2.20. The fourth-order valence-electron chi connectivity index (χ4n) is 2.59. The van der Waals surface area contributed by atoms with E-state index in [1.165, 1.54) is 6.07 Å². The van der Waals surface area contributed by atoms with Crippen molar-refractivity contribution in [2.24, 2.45) is 5.73 Å². The second-order valence-electron chi connectivity index (χ2n) is 4.94. The number of para-hydroxylation sites is 1. The number of hydrogen-bond acceptors (Lipinski definition) is 2. The molecule has 2 aromatic carbocycles. The number of rotatable bonds is 3. The molecule has 4 heteroatoms. The number of furan rings is 1. The molecule has 0 bridgehead atoms. The van der Waals surface area contributed by atoms with Crippen molar-refractivity contribution < 1.29 is 13.2 Å². The molecule has 0 saturated carbocycles. The minimum Gasteiger partial charge on any atom is -0.461 e. The van der Waals surface area contributed by atoms with Crippen LogP contribution >= 0.6 is 0 Å². The summed E-state index contributed by atoms with van der Waals surface area (Å²) in [7, 11) is 0. The first-order chi connectivity index (χ1) is 10.1. The lowest BCUT2D eigenvalue weighted by Crippen LogP contribution is -2.13. The molecule has 3 aromatic rings. The van der Waals surface area contributed by atoms with E-state index in [1.807, 2.05) is 31.2 Å². The zero-order chi connectivity index (χ0) is 15.0. The number of hydrogen-bond donors (Lipinski definition) is 1. The Morgan fingerprint density at radius 2 is 1.86 bits per heavy atom. The molecule has 2 N–H and O–H groups in total. The molecule has 1 aromatic heterocycles. The Labute approximate surface area is 121 Å². The summed E-state index contributed by atoms with van der Waals surface area (Å²) in [4.78, 5) is 0. The first kappa shape index (κ1) is 13.8. The molecular formula is C17H15F2NO. The summed E-state index contributed by atoms with van der Waals surface area (Å²) in [6.07, 6.45) is 0.682. The van der Waals surface area contributed by atoms with Crippen molar-refractivity contribution in [2.45, 2.75) is 19.4 Å². The summed E-state index contributed by atoms with van der Waals surface area (Å²) in [6.45, 7) is 1.97. The molecule has 3 rings (SSSR count). The van der Waals surface area contributed by atoms with Crippen LogP contribution in [-0.2, 0) is 6.42 Å². The Balaban J connectivity index is 2.16. The van der Waals surface area contributed by atoms with Gasteiger partial charge in [-0.05, 0) is 23.8 Å². The van der Waals surface area contributed by atoms with Gasteiger partial charge in [-0.25, -0.2) is 8.78 Å². The van der Waals surface area contributed by atoms with Gasteiger partial charge in [0.2, 0.25) is 0 Å². The van der Waals surface area contributed by atoms with Gasteiger partial charge < -0.3 is 10.2 Å². The maximum absolute atomic E-state index is 13.4.